The van der Waals surface area contributed by atoms with Gasteiger partial charge in [-0.2, -0.15) is 0 Å². The molecule has 0 radical (unpaired) electrons. The van der Waals surface area contributed by atoms with Crippen LogP contribution >= 0.6 is 11.8 Å². The first-order chi connectivity index (χ1) is 12.8. The van der Waals surface area contributed by atoms with Crippen molar-refractivity contribution in [2.45, 2.75) is 25.4 Å². The molecule has 0 aliphatic heterocycles. The maximum Gasteiger partial charge on any atom is 0.208 e. The summed E-state index contributed by atoms with van der Waals surface area (Å²) in [4.78, 5) is 4.54. The molecule has 136 valence electrons. The monoisotopic (exact) mass is 369 g/mol. The molecule has 2 aromatic carbocycles. The molecule has 0 saturated heterocycles. The van der Waals surface area contributed by atoms with Gasteiger partial charge in [-0.05, 0) is 43.2 Å². The van der Waals surface area contributed by atoms with E-state index in [1.165, 1.54) is 5.56 Å². The second-order valence-electron chi connectivity index (χ2n) is 5.62. The van der Waals surface area contributed by atoms with Crippen LogP contribution in [0.3, 0.4) is 0 Å². The van der Waals surface area contributed by atoms with Gasteiger partial charge >= 0.3 is 0 Å². The summed E-state index contributed by atoms with van der Waals surface area (Å²) in [6.45, 7) is 5.37. The van der Waals surface area contributed by atoms with Crippen LogP contribution in [0.25, 0.3) is 11.4 Å². The fourth-order valence-electron chi connectivity index (χ4n) is 2.43. The molecule has 3 rings (SSSR count). The van der Waals surface area contributed by atoms with Crippen LogP contribution in [-0.2, 0) is 6.42 Å². The number of rotatable bonds is 9. The molecule has 1 N–H and O–H groups in total. The second kappa shape index (κ2) is 9.29. The largest absolute Gasteiger partial charge is 0.494 e. The molecule has 0 saturated carbocycles. The van der Waals surface area contributed by atoms with Crippen LogP contribution in [0.1, 0.15) is 19.4 Å². The van der Waals surface area contributed by atoms with Gasteiger partial charge in [0.2, 0.25) is 5.16 Å². The number of ether oxygens (including phenoxy) is 2. The van der Waals surface area contributed by atoms with E-state index in [2.05, 4.69) is 46.4 Å². The van der Waals surface area contributed by atoms with Crippen LogP contribution in [-0.4, -0.2) is 34.1 Å². The number of aryl methyl sites for hydroxylation is 1. The summed E-state index contributed by atoms with van der Waals surface area (Å²) in [6, 6.07) is 16.0. The van der Waals surface area contributed by atoms with E-state index in [9.17, 15) is 0 Å². The Morgan fingerprint density at radius 2 is 1.62 bits per heavy atom. The van der Waals surface area contributed by atoms with Gasteiger partial charge in [0.05, 0.1) is 13.2 Å². The van der Waals surface area contributed by atoms with Gasteiger partial charge in [-0.15, -0.1) is 5.10 Å². The molecule has 5 nitrogen and oxygen atoms in total. The van der Waals surface area contributed by atoms with E-state index in [0.29, 0.717) is 13.2 Å². The molecule has 0 amide bonds. The van der Waals surface area contributed by atoms with E-state index in [1.54, 1.807) is 11.8 Å². The molecular weight excluding hydrogens is 346 g/mol. The molecule has 0 bridgehead atoms. The van der Waals surface area contributed by atoms with Gasteiger partial charge in [0, 0.05) is 11.3 Å². The van der Waals surface area contributed by atoms with Gasteiger partial charge in [0.1, 0.15) is 11.5 Å². The lowest BCUT2D eigenvalue weighted by molar-refractivity contribution is 0.332. The molecule has 0 fully saturated rings. The highest BCUT2D eigenvalue weighted by molar-refractivity contribution is 7.99. The van der Waals surface area contributed by atoms with E-state index >= 15 is 0 Å². The number of nitrogens with zero attached hydrogens (tertiary/aromatic N) is 2. The Bertz CT molecular complexity index is 801. The van der Waals surface area contributed by atoms with E-state index < -0.39 is 0 Å². The van der Waals surface area contributed by atoms with Crippen molar-refractivity contribution in [2.75, 3.05) is 19.0 Å². The van der Waals surface area contributed by atoms with Crippen LogP contribution in [0, 0.1) is 0 Å². The summed E-state index contributed by atoms with van der Waals surface area (Å²) in [6.07, 6.45) is 1.03. The van der Waals surface area contributed by atoms with Crippen molar-refractivity contribution < 1.29 is 9.47 Å². The second-order valence-corrected chi connectivity index (χ2v) is 6.68. The van der Waals surface area contributed by atoms with Crippen molar-refractivity contribution in [3.05, 3.63) is 54.1 Å². The Morgan fingerprint density at radius 1 is 0.923 bits per heavy atom. The minimum Gasteiger partial charge on any atom is -0.494 e. The van der Waals surface area contributed by atoms with Crippen molar-refractivity contribution in [1.82, 2.24) is 15.2 Å². The first-order valence-corrected chi connectivity index (χ1v) is 9.77. The molecule has 1 heterocycles. The van der Waals surface area contributed by atoms with Crippen molar-refractivity contribution in [2.24, 2.45) is 0 Å². The lowest BCUT2D eigenvalue weighted by Crippen LogP contribution is -2.00. The molecule has 1 aromatic heterocycles. The summed E-state index contributed by atoms with van der Waals surface area (Å²) in [5.74, 6) is 3.26. The minimum absolute atomic E-state index is 0.591. The van der Waals surface area contributed by atoms with Crippen molar-refractivity contribution >= 4 is 11.8 Å². The third kappa shape index (κ3) is 5.02. The highest BCUT2D eigenvalue weighted by Crippen LogP contribution is 2.21. The van der Waals surface area contributed by atoms with E-state index in [4.69, 9.17) is 9.47 Å². The number of aromatic nitrogens is 3. The first-order valence-electron chi connectivity index (χ1n) is 8.78. The van der Waals surface area contributed by atoms with E-state index in [-0.39, 0.29) is 0 Å². The predicted octanol–water partition coefficient (Wildman–Crippen LogP) is 4.60. The smallest absolute Gasteiger partial charge is 0.208 e. The summed E-state index contributed by atoms with van der Waals surface area (Å²) < 4.78 is 11.2. The maximum absolute atomic E-state index is 5.74. The zero-order valence-electron chi connectivity index (χ0n) is 15.1. The highest BCUT2D eigenvalue weighted by Gasteiger charge is 2.06. The van der Waals surface area contributed by atoms with Gasteiger partial charge in [-0.1, -0.05) is 43.0 Å². The number of hydrogen-bond donors (Lipinski definition) is 1. The zero-order valence-corrected chi connectivity index (χ0v) is 15.9. The molecule has 0 aliphatic carbocycles. The molecule has 3 aromatic rings. The topological polar surface area (TPSA) is 60.0 Å². The van der Waals surface area contributed by atoms with Gasteiger partial charge in [0.15, 0.2) is 5.82 Å². The number of thioether (sulfide) groups is 1. The van der Waals surface area contributed by atoms with Gasteiger partial charge in [0.25, 0.3) is 0 Å². The number of aromatic amines is 1. The van der Waals surface area contributed by atoms with Crippen molar-refractivity contribution in [1.29, 1.82) is 0 Å². The van der Waals surface area contributed by atoms with Crippen LogP contribution in [0.2, 0.25) is 0 Å². The Hall–Kier alpha value is -2.47. The Balaban J connectivity index is 1.45. The normalized spacial score (nSPS) is 10.7. The summed E-state index contributed by atoms with van der Waals surface area (Å²) in [5.41, 5.74) is 2.36. The Labute approximate surface area is 158 Å². The van der Waals surface area contributed by atoms with Crippen molar-refractivity contribution in [3.63, 3.8) is 0 Å². The summed E-state index contributed by atoms with van der Waals surface area (Å²) in [5, 5.41) is 8.00. The molecule has 0 spiro atoms. The van der Waals surface area contributed by atoms with Crippen LogP contribution < -0.4 is 9.47 Å². The van der Waals surface area contributed by atoms with Gasteiger partial charge < -0.3 is 9.47 Å². The molecule has 0 atom stereocenters. The fourth-order valence-corrected chi connectivity index (χ4v) is 3.04. The minimum atomic E-state index is 0.591. The average molecular weight is 369 g/mol. The number of nitrogens with one attached hydrogen (secondary N) is 1. The Morgan fingerprint density at radius 3 is 2.27 bits per heavy atom. The predicted molar refractivity (Wildman–Crippen MR) is 105 cm³/mol. The molecule has 6 heteroatoms. The first kappa shape index (κ1) is 18.3. The molecule has 26 heavy (non-hydrogen) atoms. The van der Waals surface area contributed by atoms with Gasteiger partial charge in [-0.3, -0.25) is 5.10 Å². The van der Waals surface area contributed by atoms with E-state index in [0.717, 1.165) is 40.2 Å². The number of H-pyrrole nitrogens is 1. The fraction of sp³-hybridized carbons (Fsp3) is 0.300. The average Bonchev–Trinajstić information content (AvgIpc) is 3.16. The molecular formula is C20H23N3O2S. The van der Waals surface area contributed by atoms with E-state index in [1.807, 2.05) is 31.2 Å². The van der Waals surface area contributed by atoms with Crippen LogP contribution in [0.15, 0.2) is 53.7 Å². The quantitative estimate of drug-likeness (QED) is 0.441. The maximum atomic E-state index is 5.74. The summed E-state index contributed by atoms with van der Waals surface area (Å²) in [7, 11) is 0. The lowest BCUT2D eigenvalue weighted by Gasteiger charge is -2.06. The standard InChI is InChI=1S/C20H23N3O2S/c1-3-15-5-7-16(8-6-15)19-21-20(23-22-19)26-14-13-25-18-11-9-17(10-12-18)24-4-2/h5-12H,3-4,13-14H2,1-2H3,(H,21,22,23). The zero-order chi connectivity index (χ0) is 18.2. The van der Waals surface area contributed by atoms with Crippen LogP contribution in [0.4, 0.5) is 0 Å². The number of benzene rings is 2. The number of hydrogen-bond acceptors (Lipinski definition) is 5. The Kier molecular flexibility index (Phi) is 6.55. The third-order valence-corrected chi connectivity index (χ3v) is 4.63. The molecule has 0 aliphatic rings. The molecule has 0 unspecified atom stereocenters. The van der Waals surface area contributed by atoms with Crippen LogP contribution in [0.5, 0.6) is 11.5 Å². The van der Waals surface area contributed by atoms with Gasteiger partial charge in [-0.25, -0.2) is 4.98 Å². The summed E-state index contributed by atoms with van der Waals surface area (Å²) >= 11 is 1.57. The third-order valence-electron chi connectivity index (χ3n) is 3.82. The lowest BCUT2D eigenvalue weighted by atomic mass is 10.1. The highest BCUT2D eigenvalue weighted by atomic mass is 32.2. The van der Waals surface area contributed by atoms with Crippen molar-refractivity contribution in [3.8, 4) is 22.9 Å². The SMILES string of the molecule is CCOc1ccc(OCCSc2n[nH]c(-c3ccc(CC)cc3)n2)cc1.